The number of aromatic nitrogens is 3. The van der Waals surface area contributed by atoms with Gasteiger partial charge in [-0.1, -0.05) is 12.1 Å². The van der Waals surface area contributed by atoms with Gasteiger partial charge in [0, 0.05) is 11.4 Å². The van der Waals surface area contributed by atoms with Gasteiger partial charge >= 0.3 is 6.03 Å². The molecule has 2 amide bonds. The maximum absolute atomic E-state index is 12.8. The number of morpholine rings is 1. The van der Waals surface area contributed by atoms with E-state index in [0.717, 1.165) is 16.1 Å². The molecule has 3 rings (SSSR count). The van der Waals surface area contributed by atoms with Crippen LogP contribution in [0.3, 0.4) is 0 Å². The van der Waals surface area contributed by atoms with E-state index in [1.165, 1.54) is 6.33 Å². The van der Waals surface area contributed by atoms with E-state index in [1.54, 1.807) is 16.7 Å². The van der Waals surface area contributed by atoms with Gasteiger partial charge in [-0.05, 0) is 24.8 Å². The minimum absolute atomic E-state index is 0.153. The first-order valence-corrected chi connectivity index (χ1v) is 8.57. The maximum atomic E-state index is 12.8. The summed E-state index contributed by atoms with van der Waals surface area (Å²) in [5.74, 6) is 0.634. The third-order valence-electron chi connectivity index (χ3n) is 3.83. The van der Waals surface area contributed by atoms with Crippen molar-refractivity contribution in [2.75, 3.05) is 31.3 Å². The Morgan fingerprint density at radius 3 is 3.13 bits per heavy atom. The van der Waals surface area contributed by atoms with E-state index in [-0.39, 0.29) is 12.1 Å². The smallest absolute Gasteiger partial charge is 0.322 e. The molecule has 7 nitrogen and oxygen atoms in total. The third kappa shape index (κ3) is 3.32. The summed E-state index contributed by atoms with van der Waals surface area (Å²) in [5, 5.41) is 9.73. The highest BCUT2D eigenvalue weighted by Gasteiger charge is 2.31. The van der Waals surface area contributed by atoms with Crippen LogP contribution in [-0.4, -0.2) is 52.1 Å². The zero-order valence-corrected chi connectivity index (χ0v) is 13.9. The molecule has 0 aliphatic carbocycles. The van der Waals surface area contributed by atoms with E-state index < -0.39 is 0 Å². The Bertz CT molecular complexity index is 677. The number of para-hydroxylation sites is 1. The lowest BCUT2D eigenvalue weighted by molar-refractivity contribution is 0.0118. The van der Waals surface area contributed by atoms with Crippen molar-refractivity contribution in [3.8, 4) is 0 Å². The summed E-state index contributed by atoms with van der Waals surface area (Å²) in [5.41, 5.74) is 1.89. The average molecular weight is 333 g/mol. The van der Waals surface area contributed by atoms with Crippen LogP contribution in [0.4, 0.5) is 10.5 Å². The zero-order valence-electron chi connectivity index (χ0n) is 13.1. The van der Waals surface area contributed by atoms with Crippen LogP contribution >= 0.6 is 11.8 Å². The number of carbonyl (C=O) groups is 1. The quantitative estimate of drug-likeness (QED) is 0.843. The highest BCUT2D eigenvalue weighted by Crippen LogP contribution is 2.30. The lowest BCUT2D eigenvalue weighted by Gasteiger charge is -2.34. The average Bonchev–Trinajstić information content (AvgIpc) is 3.11. The first-order chi connectivity index (χ1) is 11.2. The molecular formula is C15H19N5O2S. The van der Waals surface area contributed by atoms with Gasteiger partial charge < -0.3 is 15.0 Å². The number of carbonyl (C=O) groups excluding carboxylic acids is 1. The Morgan fingerprint density at radius 1 is 1.52 bits per heavy atom. The summed E-state index contributed by atoms with van der Waals surface area (Å²) in [4.78, 5) is 19.7. The molecule has 1 saturated heterocycles. The Morgan fingerprint density at radius 2 is 2.39 bits per heavy atom. The lowest BCUT2D eigenvalue weighted by Crippen LogP contribution is -2.46. The summed E-state index contributed by atoms with van der Waals surface area (Å²) < 4.78 is 5.49. The standard InChI is InChI=1S/C15H19N5O2S/c1-10-4-3-5-12(23-2)13(10)18-15(21)20-6-7-22-8-11(20)14-16-9-17-19-14/h3-5,9,11H,6-8H2,1-2H3,(H,18,21)(H,16,17,19)/t11-/m0/s1. The van der Waals surface area contributed by atoms with Crippen LogP contribution in [0.5, 0.6) is 0 Å². The molecule has 1 aliphatic rings. The number of aryl methyl sites for hydroxylation is 1. The lowest BCUT2D eigenvalue weighted by atomic mass is 10.2. The van der Waals surface area contributed by atoms with Crippen LogP contribution in [0.2, 0.25) is 0 Å². The van der Waals surface area contributed by atoms with Crippen LogP contribution in [-0.2, 0) is 4.74 Å². The number of hydrogen-bond donors (Lipinski definition) is 2. The third-order valence-corrected chi connectivity index (χ3v) is 4.61. The Hall–Kier alpha value is -2.06. The summed E-state index contributed by atoms with van der Waals surface area (Å²) >= 11 is 1.61. The predicted molar refractivity (Wildman–Crippen MR) is 88.6 cm³/mol. The van der Waals surface area contributed by atoms with Crippen molar-refractivity contribution in [1.82, 2.24) is 20.1 Å². The fraction of sp³-hybridized carbons (Fsp3) is 0.400. The fourth-order valence-electron chi connectivity index (χ4n) is 2.60. The largest absolute Gasteiger partial charge is 0.377 e. The van der Waals surface area contributed by atoms with Gasteiger partial charge in [0.2, 0.25) is 0 Å². The molecule has 0 saturated carbocycles. The first-order valence-electron chi connectivity index (χ1n) is 7.35. The van der Waals surface area contributed by atoms with Crippen molar-refractivity contribution in [3.63, 3.8) is 0 Å². The van der Waals surface area contributed by atoms with E-state index in [2.05, 4.69) is 20.5 Å². The minimum Gasteiger partial charge on any atom is -0.377 e. The molecule has 23 heavy (non-hydrogen) atoms. The molecule has 0 spiro atoms. The van der Waals surface area contributed by atoms with E-state index in [9.17, 15) is 4.79 Å². The van der Waals surface area contributed by atoms with Crippen molar-refractivity contribution in [2.45, 2.75) is 17.9 Å². The summed E-state index contributed by atoms with van der Waals surface area (Å²) in [6.07, 6.45) is 3.43. The van der Waals surface area contributed by atoms with Crippen molar-refractivity contribution >= 4 is 23.5 Å². The molecule has 0 unspecified atom stereocenters. The number of ether oxygens (including phenoxy) is 1. The molecule has 2 aromatic rings. The number of nitrogens with one attached hydrogen (secondary N) is 2. The second-order valence-corrected chi connectivity index (χ2v) is 6.09. The van der Waals surface area contributed by atoms with Gasteiger partial charge in [-0.3, -0.25) is 5.10 Å². The zero-order chi connectivity index (χ0) is 16.2. The molecule has 2 heterocycles. The number of rotatable bonds is 3. The van der Waals surface area contributed by atoms with Crippen LogP contribution in [0, 0.1) is 6.92 Å². The van der Waals surface area contributed by atoms with Gasteiger partial charge in [0.25, 0.3) is 0 Å². The number of nitrogens with zero attached hydrogens (tertiary/aromatic N) is 3. The highest BCUT2D eigenvalue weighted by molar-refractivity contribution is 7.98. The predicted octanol–water partition coefficient (Wildman–Crippen LogP) is 2.44. The number of amides is 2. The molecule has 1 atom stereocenters. The van der Waals surface area contributed by atoms with Crippen LogP contribution < -0.4 is 5.32 Å². The van der Waals surface area contributed by atoms with Crippen LogP contribution in [0.1, 0.15) is 17.4 Å². The summed E-state index contributed by atoms with van der Waals surface area (Å²) in [7, 11) is 0. The number of urea groups is 1. The van der Waals surface area contributed by atoms with Crippen LogP contribution in [0.15, 0.2) is 29.4 Å². The molecule has 1 aromatic carbocycles. The van der Waals surface area contributed by atoms with Crippen molar-refractivity contribution in [2.24, 2.45) is 0 Å². The fourth-order valence-corrected chi connectivity index (χ4v) is 3.23. The van der Waals surface area contributed by atoms with Gasteiger partial charge in [0.05, 0.1) is 18.9 Å². The molecule has 1 fully saturated rings. The molecule has 1 aromatic heterocycles. The van der Waals surface area contributed by atoms with Gasteiger partial charge in [-0.2, -0.15) is 5.10 Å². The Kier molecular flexibility index (Phi) is 4.82. The molecular weight excluding hydrogens is 314 g/mol. The van der Waals surface area contributed by atoms with Gasteiger partial charge in [-0.25, -0.2) is 9.78 Å². The molecule has 1 aliphatic heterocycles. The number of anilines is 1. The summed E-state index contributed by atoms with van der Waals surface area (Å²) in [6, 6.07) is 5.57. The first kappa shape index (κ1) is 15.8. The summed E-state index contributed by atoms with van der Waals surface area (Å²) in [6.45, 7) is 3.42. The van der Waals surface area contributed by atoms with Crippen molar-refractivity contribution in [3.05, 3.63) is 35.9 Å². The van der Waals surface area contributed by atoms with Gasteiger partial charge in [0.15, 0.2) is 0 Å². The second kappa shape index (κ2) is 7.01. The number of thioether (sulfide) groups is 1. The molecule has 0 radical (unpaired) electrons. The Balaban J connectivity index is 1.82. The Labute approximate surface area is 138 Å². The number of hydrogen-bond acceptors (Lipinski definition) is 5. The second-order valence-electron chi connectivity index (χ2n) is 5.24. The highest BCUT2D eigenvalue weighted by atomic mass is 32.2. The van der Waals surface area contributed by atoms with E-state index in [0.29, 0.717) is 25.6 Å². The molecule has 8 heteroatoms. The van der Waals surface area contributed by atoms with Crippen molar-refractivity contribution < 1.29 is 9.53 Å². The molecule has 0 bridgehead atoms. The van der Waals surface area contributed by atoms with Crippen molar-refractivity contribution in [1.29, 1.82) is 0 Å². The SMILES string of the molecule is CSc1cccc(C)c1NC(=O)N1CCOC[C@H]1c1ncn[nH]1. The normalized spacial score (nSPS) is 18.0. The topological polar surface area (TPSA) is 83.1 Å². The van der Waals surface area contributed by atoms with E-state index >= 15 is 0 Å². The number of benzene rings is 1. The van der Waals surface area contributed by atoms with E-state index in [1.807, 2.05) is 31.4 Å². The van der Waals surface area contributed by atoms with Gasteiger partial charge in [0.1, 0.15) is 18.2 Å². The number of H-pyrrole nitrogens is 1. The molecule has 2 N–H and O–H groups in total. The maximum Gasteiger partial charge on any atom is 0.322 e. The van der Waals surface area contributed by atoms with Crippen LogP contribution in [0.25, 0.3) is 0 Å². The number of aromatic amines is 1. The monoisotopic (exact) mass is 333 g/mol. The minimum atomic E-state index is -0.256. The van der Waals surface area contributed by atoms with E-state index in [4.69, 9.17) is 4.74 Å². The van der Waals surface area contributed by atoms with Gasteiger partial charge in [-0.15, -0.1) is 11.8 Å². The molecule has 122 valence electrons.